The van der Waals surface area contributed by atoms with Crippen LogP contribution in [-0.4, -0.2) is 38.7 Å². The van der Waals surface area contributed by atoms with Crippen LogP contribution in [0, 0.1) is 0 Å². The van der Waals surface area contributed by atoms with Gasteiger partial charge in [0.15, 0.2) is 5.65 Å². The van der Waals surface area contributed by atoms with Gasteiger partial charge in [0.25, 0.3) is 0 Å². The van der Waals surface area contributed by atoms with Crippen molar-refractivity contribution < 1.29 is 0 Å². The molecule has 0 aromatic carbocycles. The zero-order chi connectivity index (χ0) is 16.5. The molecule has 0 aliphatic carbocycles. The number of nitrogens with two attached hydrogens (primary N) is 2. The van der Waals surface area contributed by atoms with E-state index >= 15 is 0 Å². The number of piperidine rings is 1. The Morgan fingerprint density at radius 3 is 2.75 bits per heavy atom. The molecule has 4 heterocycles. The standard InChI is InChI=1S/C17H21N7/c18-13-5-9-23(10-6-13)17-21-16-14(4-2-8-24(16)22-17)15(19)12-3-1-7-20-11-12/h1-4,7-8,11,13,15H,5-6,9-10,18-19H2. The van der Waals surface area contributed by atoms with Crippen LogP contribution in [0.2, 0.25) is 0 Å². The molecule has 0 saturated carbocycles. The molecule has 1 atom stereocenters. The maximum absolute atomic E-state index is 6.44. The largest absolute Gasteiger partial charge is 0.339 e. The van der Waals surface area contributed by atoms with Crippen LogP contribution < -0.4 is 16.4 Å². The predicted molar refractivity (Wildman–Crippen MR) is 92.7 cm³/mol. The number of rotatable bonds is 3. The molecule has 0 bridgehead atoms. The van der Waals surface area contributed by atoms with Gasteiger partial charge in [-0.3, -0.25) is 4.98 Å². The van der Waals surface area contributed by atoms with Crippen molar-refractivity contribution in [2.45, 2.75) is 24.9 Å². The maximum Gasteiger partial charge on any atom is 0.245 e. The van der Waals surface area contributed by atoms with Gasteiger partial charge in [-0.25, -0.2) is 4.52 Å². The minimum absolute atomic E-state index is 0.283. The molecule has 1 unspecified atom stereocenters. The van der Waals surface area contributed by atoms with E-state index in [-0.39, 0.29) is 12.1 Å². The van der Waals surface area contributed by atoms with Crippen molar-refractivity contribution >= 4 is 11.6 Å². The summed E-state index contributed by atoms with van der Waals surface area (Å²) in [6, 6.07) is 7.81. The number of aromatic nitrogens is 4. The van der Waals surface area contributed by atoms with Gasteiger partial charge >= 0.3 is 0 Å². The third-order valence-corrected chi connectivity index (χ3v) is 4.58. The molecule has 1 saturated heterocycles. The molecule has 7 nitrogen and oxygen atoms in total. The summed E-state index contributed by atoms with van der Waals surface area (Å²) in [5.41, 5.74) is 15.1. The van der Waals surface area contributed by atoms with Crippen molar-refractivity contribution in [1.82, 2.24) is 19.6 Å². The van der Waals surface area contributed by atoms with Crippen LogP contribution >= 0.6 is 0 Å². The molecule has 4 N–H and O–H groups in total. The highest BCUT2D eigenvalue weighted by atomic mass is 15.4. The average Bonchev–Trinajstić information content (AvgIpc) is 3.06. The highest BCUT2D eigenvalue weighted by molar-refractivity contribution is 5.54. The molecular weight excluding hydrogens is 302 g/mol. The summed E-state index contributed by atoms with van der Waals surface area (Å²) >= 11 is 0. The van der Waals surface area contributed by atoms with Crippen LogP contribution in [0.25, 0.3) is 5.65 Å². The number of nitrogens with zero attached hydrogens (tertiary/aromatic N) is 5. The van der Waals surface area contributed by atoms with Crippen molar-refractivity contribution in [2.75, 3.05) is 18.0 Å². The second kappa shape index (κ2) is 6.18. The zero-order valence-electron chi connectivity index (χ0n) is 13.4. The maximum atomic E-state index is 6.44. The predicted octanol–water partition coefficient (Wildman–Crippen LogP) is 1.10. The molecule has 124 valence electrons. The van der Waals surface area contributed by atoms with Gasteiger partial charge in [-0.1, -0.05) is 12.1 Å². The van der Waals surface area contributed by atoms with E-state index in [0.717, 1.165) is 48.7 Å². The summed E-state index contributed by atoms with van der Waals surface area (Å²) in [6.07, 6.45) is 7.38. The van der Waals surface area contributed by atoms with Gasteiger partial charge in [-0.05, 0) is 30.5 Å². The lowest BCUT2D eigenvalue weighted by molar-refractivity contribution is 0.495. The third-order valence-electron chi connectivity index (χ3n) is 4.58. The van der Waals surface area contributed by atoms with E-state index in [2.05, 4.69) is 15.0 Å². The molecule has 3 aromatic heterocycles. The van der Waals surface area contributed by atoms with Gasteiger partial charge in [0.05, 0.1) is 6.04 Å². The Morgan fingerprint density at radius 1 is 1.17 bits per heavy atom. The lowest BCUT2D eigenvalue weighted by Gasteiger charge is -2.28. The summed E-state index contributed by atoms with van der Waals surface area (Å²) in [4.78, 5) is 11.1. The van der Waals surface area contributed by atoms with Crippen LogP contribution in [-0.2, 0) is 0 Å². The summed E-state index contributed by atoms with van der Waals surface area (Å²) in [5, 5.41) is 4.62. The van der Waals surface area contributed by atoms with Crippen LogP contribution in [0.5, 0.6) is 0 Å². The fourth-order valence-corrected chi connectivity index (χ4v) is 3.13. The molecule has 1 fully saturated rings. The van der Waals surface area contributed by atoms with Crippen molar-refractivity contribution in [3.05, 3.63) is 54.0 Å². The van der Waals surface area contributed by atoms with E-state index in [0.29, 0.717) is 0 Å². The SMILES string of the molecule is NC1CCN(c2nc3c(C(N)c4cccnc4)cccn3n2)CC1. The van der Waals surface area contributed by atoms with Gasteiger partial charge in [0.1, 0.15) is 0 Å². The van der Waals surface area contributed by atoms with E-state index in [4.69, 9.17) is 16.5 Å². The smallest absolute Gasteiger partial charge is 0.245 e. The van der Waals surface area contributed by atoms with Crippen LogP contribution in [0.15, 0.2) is 42.9 Å². The second-order valence-electron chi connectivity index (χ2n) is 6.23. The van der Waals surface area contributed by atoms with Crippen molar-refractivity contribution in [3.8, 4) is 0 Å². The lowest BCUT2D eigenvalue weighted by atomic mass is 10.0. The first-order valence-corrected chi connectivity index (χ1v) is 8.23. The molecule has 1 aliphatic rings. The van der Waals surface area contributed by atoms with Crippen molar-refractivity contribution in [1.29, 1.82) is 0 Å². The Kier molecular flexibility index (Phi) is 3.87. The first kappa shape index (κ1) is 15.0. The van der Waals surface area contributed by atoms with E-state index < -0.39 is 0 Å². The summed E-state index contributed by atoms with van der Waals surface area (Å²) < 4.78 is 1.80. The quantitative estimate of drug-likeness (QED) is 0.749. The van der Waals surface area contributed by atoms with Crippen LogP contribution in [0.4, 0.5) is 5.95 Å². The number of hydrogen-bond donors (Lipinski definition) is 2. The highest BCUT2D eigenvalue weighted by Gasteiger charge is 2.21. The third kappa shape index (κ3) is 2.72. The number of pyridine rings is 2. The van der Waals surface area contributed by atoms with Crippen LogP contribution in [0.3, 0.4) is 0 Å². The number of hydrogen-bond acceptors (Lipinski definition) is 6. The summed E-state index contributed by atoms with van der Waals surface area (Å²) in [6.45, 7) is 1.78. The number of fused-ring (bicyclic) bond motifs is 1. The molecular formula is C17H21N7. The zero-order valence-corrected chi connectivity index (χ0v) is 13.4. The van der Waals surface area contributed by atoms with Gasteiger partial charge in [-0.15, -0.1) is 5.10 Å². The Hall–Kier alpha value is -2.51. The molecule has 0 radical (unpaired) electrons. The molecule has 0 spiro atoms. The van der Waals surface area contributed by atoms with E-state index in [1.165, 1.54) is 0 Å². The van der Waals surface area contributed by atoms with Crippen molar-refractivity contribution in [3.63, 3.8) is 0 Å². The normalized spacial score (nSPS) is 17.3. The summed E-state index contributed by atoms with van der Waals surface area (Å²) in [5.74, 6) is 0.743. The second-order valence-corrected chi connectivity index (χ2v) is 6.23. The Labute approximate surface area is 140 Å². The molecule has 1 aliphatic heterocycles. The monoisotopic (exact) mass is 323 g/mol. The lowest BCUT2D eigenvalue weighted by Crippen LogP contribution is -2.40. The highest BCUT2D eigenvalue weighted by Crippen LogP contribution is 2.24. The van der Waals surface area contributed by atoms with Crippen molar-refractivity contribution in [2.24, 2.45) is 11.5 Å². The Balaban J connectivity index is 1.70. The van der Waals surface area contributed by atoms with Gasteiger partial charge < -0.3 is 16.4 Å². The van der Waals surface area contributed by atoms with Gasteiger partial charge in [0, 0.05) is 43.3 Å². The molecule has 24 heavy (non-hydrogen) atoms. The average molecular weight is 323 g/mol. The van der Waals surface area contributed by atoms with Gasteiger partial charge in [0.2, 0.25) is 5.95 Å². The fraction of sp³-hybridized carbons (Fsp3) is 0.353. The van der Waals surface area contributed by atoms with E-state index in [9.17, 15) is 0 Å². The Morgan fingerprint density at radius 2 is 2.00 bits per heavy atom. The number of anilines is 1. The topological polar surface area (TPSA) is 98.4 Å². The summed E-state index contributed by atoms with van der Waals surface area (Å²) in [7, 11) is 0. The molecule has 3 aromatic rings. The minimum atomic E-state index is -0.283. The van der Waals surface area contributed by atoms with E-state index in [1.54, 1.807) is 16.9 Å². The van der Waals surface area contributed by atoms with E-state index in [1.807, 2.05) is 30.5 Å². The molecule has 4 rings (SSSR count). The molecule has 0 amide bonds. The Bertz CT molecular complexity index is 821. The molecule has 7 heteroatoms. The van der Waals surface area contributed by atoms with Crippen LogP contribution in [0.1, 0.15) is 30.0 Å². The van der Waals surface area contributed by atoms with Gasteiger partial charge in [-0.2, -0.15) is 4.98 Å². The first-order chi connectivity index (χ1) is 11.7. The minimum Gasteiger partial charge on any atom is -0.339 e. The fourth-order valence-electron chi connectivity index (χ4n) is 3.13. The first-order valence-electron chi connectivity index (χ1n) is 8.23.